The SMILES string of the molecule is COCCC(C)Nc1c(C)cc(Cl)nc1Cl. The van der Waals surface area contributed by atoms with E-state index >= 15 is 0 Å². The summed E-state index contributed by atoms with van der Waals surface area (Å²) in [6.45, 7) is 4.74. The van der Waals surface area contributed by atoms with Crippen LogP contribution >= 0.6 is 23.2 Å². The van der Waals surface area contributed by atoms with E-state index in [4.69, 9.17) is 27.9 Å². The molecule has 0 amide bonds. The van der Waals surface area contributed by atoms with Crippen LogP contribution in [0, 0.1) is 6.92 Å². The molecule has 1 heterocycles. The van der Waals surface area contributed by atoms with Crippen molar-refractivity contribution in [2.24, 2.45) is 0 Å². The van der Waals surface area contributed by atoms with Crippen LogP contribution < -0.4 is 5.32 Å². The molecule has 1 aromatic rings. The van der Waals surface area contributed by atoms with Gasteiger partial charge in [0.05, 0.1) is 5.69 Å². The summed E-state index contributed by atoms with van der Waals surface area (Å²) in [7, 11) is 1.69. The van der Waals surface area contributed by atoms with Crippen LogP contribution in [0.25, 0.3) is 0 Å². The van der Waals surface area contributed by atoms with Crippen LogP contribution in [0.5, 0.6) is 0 Å². The molecule has 0 saturated heterocycles. The zero-order valence-corrected chi connectivity index (χ0v) is 11.2. The fourth-order valence-electron chi connectivity index (χ4n) is 1.38. The van der Waals surface area contributed by atoms with Gasteiger partial charge in [-0.3, -0.25) is 0 Å². The van der Waals surface area contributed by atoms with Crippen molar-refractivity contribution in [2.75, 3.05) is 19.0 Å². The third kappa shape index (κ3) is 3.81. The molecule has 16 heavy (non-hydrogen) atoms. The monoisotopic (exact) mass is 262 g/mol. The van der Waals surface area contributed by atoms with Gasteiger partial charge in [0, 0.05) is 19.8 Å². The van der Waals surface area contributed by atoms with E-state index in [1.54, 1.807) is 13.2 Å². The van der Waals surface area contributed by atoms with Crippen LogP contribution in [0.4, 0.5) is 5.69 Å². The lowest BCUT2D eigenvalue weighted by Gasteiger charge is -2.17. The fourth-order valence-corrected chi connectivity index (χ4v) is 1.97. The molecule has 3 nitrogen and oxygen atoms in total. The molecule has 0 aromatic carbocycles. The van der Waals surface area contributed by atoms with E-state index in [1.165, 1.54) is 0 Å². The summed E-state index contributed by atoms with van der Waals surface area (Å²) in [5, 5.41) is 4.13. The lowest BCUT2D eigenvalue weighted by molar-refractivity contribution is 0.191. The molecular formula is C11H16Cl2N2O. The van der Waals surface area contributed by atoms with Crippen molar-refractivity contribution in [1.82, 2.24) is 4.98 Å². The van der Waals surface area contributed by atoms with Gasteiger partial charge < -0.3 is 10.1 Å². The van der Waals surface area contributed by atoms with Crippen molar-refractivity contribution >= 4 is 28.9 Å². The largest absolute Gasteiger partial charge is 0.385 e. The predicted molar refractivity (Wildman–Crippen MR) is 68.6 cm³/mol. The van der Waals surface area contributed by atoms with Crippen molar-refractivity contribution < 1.29 is 4.74 Å². The molecule has 1 rings (SSSR count). The highest BCUT2D eigenvalue weighted by Crippen LogP contribution is 2.27. The molecule has 1 N–H and O–H groups in total. The normalized spacial score (nSPS) is 12.6. The number of aryl methyl sites for hydroxylation is 1. The molecule has 0 radical (unpaired) electrons. The van der Waals surface area contributed by atoms with Crippen LogP contribution in [-0.2, 0) is 4.74 Å². The minimum atomic E-state index is 0.277. The second kappa shape index (κ2) is 6.28. The van der Waals surface area contributed by atoms with Crippen LogP contribution in [0.3, 0.4) is 0 Å². The topological polar surface area (TPSA) is 34.1 Å². The number of anilines is 1. The summed E-state index contributed by atoms with van der Waals surface area (Å²) in [5.74, 6) is 0. The summed E-state index contributed by atoms with van der Waals surface area (Å²) >= 11 is 11.8. The van der Waals surface area contributed by atoms with E-state index in [0.29, 0.717) is 16.9 Å². The van der Waals surface area contributed by atoms with E-state index in [9.17, 15) is 0 Å². The van der Waals surface area contributed by atoms with Crippen molar-refractivity contribution in [2.45, 2.75) is 26.3 Å². The van der Waals surface area contributed by atoms with Gasteiger partial charge in [0.2, 0.25) is 0 Å². The molecule has 0 bridgehead atoms. The maximum atomic E-state index is 6.02. The molecule has 1 atom stereocenters. The maximum absolute atomic E-state index is 6.02. The number of methoxy groups -OCH3 is 1. The summed E-state index contributed by atoms with van der Waals surface area (Å²) in [6.07, 6.45) is 0.912. The Labute approximate surface area is 106 Å². The number of rotatable bonds is 5. The van der Waals surface area contributed by atoms with E-state index in [2.05, 4.69) is 17.2 Å². The molecule has 0 aliphatic carbocycles. The molecule has 1 aromatic heterocycles. The number of hydrogen-bond donors (Lipinski definition) is 1. The summed E-state index contributed by atoms with van der Waals surface area (Å²) in [6, 6.07) is 2.07. The van der Waals surface area contributed by atoms with Gasteiger partial charge in [-0.25, -0.2) is 4.98 Å². The number of ether oxygens (including phenoxy) is 1. The van der Waals surface area contributed by atoms with Crippen molar-refractivity contribution in [3.63, 3.8) is 0 Å². The maximum Gasteiger partial charge on any atom is 0.154 e. The number of nitrogens with zero attached hydrogens (tertiary/aromatic N) is 1. The number of halogens is 2. The fraction of sp³-hybridized carbons (Fsp3) is 0.545. The third-order valence-electron chi connectivity index (χ3n) is 2.29. The standard InChI is InChI=1S/C11H16Cl2N2O/c1-7-6-9(12)15-11(13)10(7)14-8(2)4-5-16-3/h6,8,14H,4-5H2,1-3H3. The average Bonchev–Trinajstić information content (AvgIpc) is 2.20. The number of pyridine rings is 1. The van der Waals surface area contributed by atoms with E-state index < -0.39 is 0 Å². The van der Waals surface area contributed by atoms with Crippen molar-refractivity contribution in [1.29, 1.82) is 0 Å². The minimum Gasteiger partial charge on any atom is -0.385 e. The molecule has 90 valence electrons. The Morgan fingerprint density at radius 3 is 2.75 bits per heavy atom. The van der Waals surface area contributed by atoms with E-state index in [-0.39, 0.29) is 6.04 Å². The Bertz CT molecular complexity index is 335. The second-order valence-electron chi connectivity index (χ2n) is 3.75. The number of nitrogens with one attached hydrogen (secondary N) is 1. The van der Waals surface area contributed by atoms with Crippen molar-refractivity contribution in [3.8, 4) is 0 Å². The number of aromatic nitrogens is 1. The Kier molecular flexibility index (Phi) is 5.32. The van der Waals surface area contributed by atoms with E-state index in [1.807, 2.05) is 6.92 Å². The van der Waals surface area contributed by atoms with Gasteiger partial charge in [-0.15, -0.1) is 0 Å². The Hall–Kier alpha value is -0.510. The molecule has 0 saturated carbocycles. The number of hydrogen-bond acceptors (Lipinski definition) is 3. The van der Waals surface area contributed by atoms with Crippen molar-refractivity contribution in [3.05, 3.63) is 21.9 Å². The molecule has 0 aliphatic rings. The summed E-state index contributed by atoms with van der Waals surface area (Å²) in [5.41, 5.74) is 1.84. The Balaban J connectivity index is 2.73. The first kappa shape index (κ1) is 13.6. The van der Waals surface area contributed by atoms with Crippen LogP contribution in [-0.4, -0.2) is 24.7 Å². The minimum absolute atomic E-state index is 0.277. The zero-order valence-electron chi connectivity index (χ0n) is 9.68. The molecule has 0 fully saturated rings. The smallest absolute Gasteiger partial charge is 0.154 e. The quantitative estimate of drug-likeness (QED) is 0.825. The molecule has 1 unspecified atom stereocenters. The van der Waals surface area contributed by atoms with Gasteiger partial charge in [0.25, 0.3) is 0 Å². The zero-order chi connectivity index (χ0) is 12.1. The summed E-state index contributed by atoms with van der Waals surface area (Å²) < 4.78 is 5.02. The van der Waals surface area contributed by atoms with Gasteiger partial charge >= 0.3 is 0 Å². The molecule has 0 spiro atoms. The lowest BCUT2D eigenvalue weighted by atomic mass is 10.2. The highest BCUT2D eigenvalue weighted by Gasteiger charge is 2.10. The first-order valence-electron chi connectivity index (χ1n) is 5.12. The van der Waals surface area contributed by atoms with Crippen LogP contribution in [0.1, 0.15) is 18.9 Å². The first-order valence-corrected chi connectivity index (χ1v) is 5.88. The third-order valence-corrected chi connectivity index (χ3v) is 2.75. The van der Waals surface area contributed by atoms with Gasteiger partial charge in [0.1, 0.15) is 5.15 Å². The van der Waals surface area contributed by atoms with Gasteiger partial charge in [-0.05, 0) is 31.9 Å². The average molecular weight is 263 g/mol. The highest BCUT2D eigenvalue weighted by atomic mass is 35.5. The molecular weight excluding hydrogens is 247 g/mol. The van der Waals surface area contributed by atoms with Gasteiger partial charge in [0.15, 0.2) is 5.15 Å². The Morgan fingerprint density at radius 2 is 2.19 bits per heavy atom. The highest BCUT2D eigenvalue weighted by molar-refractivity contribution is 6.34. The van der Waals surface area contributed by atoms with Gasteiger partial charge in [-0.1, -0.05) is 23.2 Å². The molecule has 5 heteroatoms. The van der Waals surface area contributed by atoms with Crippen LogP contribution in [0.15, 0.2) is 6.07 Å². The Morgan fingerprint density at radius 1 is 1.50 bits per heavy atom. The molecule has 0 aliphatic heterocycles. The summed E-state index contributed by atoms with van der Waals surface area (Å²) in [4.78, 5) is 4.00. The predicted octanol–water partition coefficient (Wildman–Crippen LogP) is 3.53. The second-order valence-corrected chi connectivity index (χ2v) is 4.50. The van der Waals surface area contributed by atoms with Gasteiger partial charge in [-0.2, -0.15) is 0 Å². The van der Waals surface area contributed by atoms with Crippen LogP contribution in [0.2, 0.25) is 10.3 Å². The lowest BCUT2D eigenvalue weighted by Crippen LogP contribution is -2.18. The first-order chi connectivity index (χ1) is 7.54. The van der Waals surface area contributed by atoms with E-state index in [0.717, 1.165) is 17.7 Å².